The van der Waals surface area contributed by atoms with Crippen LogP contribution in [0.2, 0.25) is 0 Å². The third kappa shape index (κ3) is 2.65. The maximum Gasteiger partial charge on any atom is 0.325 e. The summed E-state index contributed by atoms with van der Waals surface area (Å²) in [6.45, 7) is 3.58. The first-order chi connectivity index (χ1) is 11.3. The van der Waals surface area contributed by atoms with Crippen LogP contribution in [0.4, 0.5) is 4.79 Å². The van der Waals surface area contributed by atoms with E-state index in [9.17, 15) is 14.4 Å². The van der Waals surface area contributed by atoms with Gasteiger partial charge < -0.3 is 11.1 Å². The number of urea groups is 1. The van der Waals surface area contributed by atoms with E-state index in [4.69, 9.17) is 5.73 Å². The van der Waals surface area contributed by atoms with E-state index in [1.54, 1.807) is 25.1 Å². The number of nitrogens with one attached hydrogen (secondary N) is 1. The molecule has 2 heterocycles. The van der Waals surface area contributed by atoms with Crippen molar-refractivity contribution in [3.05, 3.63) is 51.5 Å². The zero-order valence-corrected chi connectivity index (χ0v) is 14.0. The quantitative estimate of drug-likeness (QED) is 0.820. The predicted molar refractivity (Wildman–Crippen MR) is 88.2 cm³/mol. The molecule has 1 aromatic heterocycles. The van der Waals surface area contributed by atoms with Crippen molar-refractivity contribution in [2.45, 2.75) is 25.9 Å². The fourth-order valence-corrected chi connectivity index (χ4v) is 3.27. The first-order valence-electron chi connectivity index (χ1n) is 7.27. The first kappa shape index (κ1) is 16.1. The molecule has 0 radical (unpaired) electrons. The molecule has 0 spiro atoms. The minimum absolute atomic E-state index is 0.111. The standard InChI is InChI=1S/C16H16N4O3S/c1-9-18-12(8-24-9)7-20-14(22)16(2,19-15(20)23)11-5-3-4-10(6-11)13(17)21/h3-6,8H,7H2,1-2H3,(H2,17,21)(H,19,23)/t16-/m1/s1. The normalized spacial score (nSPS) is 20.3. The monoisotopic (exact) mass is 344 g/mol. The average Bonchev–Trinajstić information content (AvgIpc) is 3.05. The van der Waals surface area contributed by atoms with Crippen LogP contribution in [-0.2, 0) is 16.9 Å². The van der Waals surface area contributed by atoms with Gasteiger partial charge in [0.15, 0.2) is 0 Å². The molecule has 24 heavy (non-hydrogen) atoms. The number of rotatable bonds is 4. The van der Waals surface area contributed by atoms with E-state index in [2.05, 4.69) is 10.3 Å². The number of aromatic nitrogens is 1. The van der Waals surface area contributed by atoms with Gasteiger partial charge in [-0.25, -0.2) is 9.78 Å². The van der Waals surface area contributed by atoms with Crippen LogP contribution in [-0.4, -0.2) is 27.7 Å². The van der Waals surface area contributed by atoms with Crippen LogP contribution in [0.1, 0.15) is 33.5 Å². The largest absolute Gasteiger partial charge is 0.366 e. The molecule has 0 bridgehead atoms. The van der Waals surface area contributed by atoms with Gasteiger partial charge in [0.25, 0.3) is 5.91 Å². The van der Waals surface area contributed by atoms with Crippen molar-refractivity contribution in [3.63, 3.8) is 0 Å². The van der Waals surface area contributed by atoms with Crippen LogP contribution in [0, 0.1) is 6.92 Å². The summed E-state index contributed by atoms with van der Waals surface area (Å²) in [4.78, 5) is 41.9. The van der Waals surface area contributed by atoms with Gasteiger partial charge in [-0.15, -0.1) is 11.3 Å². The van der Waals surface area contributed by atoms with Crippen molar-refractivity contribution < 1.29 is 14.4 Å². The van der Waals surface area contributed by atoms with Crippen molar-refractivity contribution in [1.82, 2.24) is 15.2 Å². The molecule has 4 amide bonds. The fourth-order valence-electron chi connectivity index (χ4n) is 2.66. The molecule has 0 aliphatic carbocycles. The summed E-state index contributed by atoms with van der Waals surface area (Å²) in [6, 6.07) is 5.91. The van der Waals surface area contributed by atoms with E-state index >= 15 is 0 Å². The van der Waals surface area contributed by atoms with Gasteiger partial charge in [-0.3, -0.25) is 14.5 Å². The second kappa shape index (κ2) is 5.72. The van der Waals surface area contributed by atoms with Gasteiger partial charge in [0.05, 0.1) is 17.2 Å². The molecule has 0 saturated carbocycles. The minimum Gasteiger partial charge on any atom is -0.366 e. The first-order valence-corrected chi connectivity index (χ1v) is 8.14. The highest BCUT2D eigenvalue weighted by atomic mass is 32.1. The maximum atomic E-state index is 12.8. The summed E-state index contributed by atoms with van der Waals surface area (Å²) >= 11 is 1.46. The smallest absolute Gasteiger partial charge is 0.325 e. The van der Waals surface area contributed by atoms with Crippen molar-refractivity contribution in [2.75, 3.05) is 0 Å². The van der Waals surface area contributed by atoms with E-state index in [0.29, 0.717) is 11.3 Å². The lowest BCUT2D eigenvalue weighted by Crippen LogP contribution is -2.41. The van der Waals surface area contributed by atoms with Gasteiger partial charge in [-0.1, -0.05) is 12.1 Å². The summed E-state index contributed by atoms with van der Waals surface area (Å²) < 4.78 is 0. The molecular weight excluding hydrogens is 328 g/mol. The number of primary amides is 1. The lowest BCUT2D eigenvalue weighted by Gasteiger charge is -2.22. The number of imide groups is 1. The molecule has 8 heteroatoms. The molecule has 0 unspecified atom stereocenters. The van der Waals surface area contributed by atoms with Crippen LogP contribution in [0.3, 0.4) is 0 Å². The molecule has 7 nitrogen and oxygen atoms in total. The Balaban J connectivity index is 1.92. The molecule has 124 valence electrons. The van der Waals surface area contributed by atoms with Crippen LogP contribution < -0.4 is 11.1 Å². The average molecular weight is 344 g/mol. The zero-order valence-electron chi connectivity index (χ0n) is 13.2. The lowest BCUT2D eigenvalue weighted by atomic mass is 9.90. The molecule has 1 atom stereocenters. The van der Waals surface area contributed by atoms with Crippen LogP contribution in [0.15, 0.2) is 29.6 Å². The number of carbonyl (C=O) groups excluding carboxylic acids is 3. The summed E-state index contributed by atoms with van der Waals surface area (Å²) in [5.74, 6) is -0.980. The molecular formula is C16H16N4O3S. The van der Waals surface area contributed by atoms with Crippen molar-refractivity contribution >= 4 is 29.2 Å². The van der Waals surface area contributed by atoms with Crippen LogP contribution >= 0.6 is 11.3 Å². The summed E-state index contributed by atoms with van der Waals surface area (Å²) in [5, 5.41) is 5.39. The highest BCUT2D eigenvalue weighted by Gasteiger charge is 2.49. The van der Waals surface area contributed by atoms with Gasteiger partial charge in [-0.05, 0) is 31.5 Å². The third-order valence-corrected chi connectivity index (χ3v) is 4.81. The SMILES string of the molecule is Cc1nc(CN2C(=O)N[C@](C)(c3cccc(C(N)=O)c3)C2=O)cs1. The van der Waals surface area contributed by atoms with Crippen LogP contribution in [0.25, 0.3) is 0 Å². The van der Waals surface area contributed by atoms with Crippen molar-refractivity contribution in [3.8, 4) is 0 Å². The van der Waals surface area contributed by atoms with Gasteiger partial charge >= 0.3 is 6.03 Å². The van der Waals surface area contributed by atoms with Gasteiger partial charge in [-0.2, -0.15) is 0 Å². The number of nitrogens with two attached hydrogens (primary N) is 1. The zero-order chi connectivity index (χ0) is 17.5. The van der Waals surface area contributed by atoms with E-state index in [0.717, 1.165) is 9.91 Å². The second-order valence-corrected chi connectivity index (χ2v) is 6.81. The number of nitrogens with zero attached hydrogens (tertiary/aromatic N) is 2. The Bertz CT molecular complexity index is 847. The van der Waals surface area contributed by atoms with Crippen molar-refractivity contribution in [2.24, 2.45) is 5.73 Å². The van der Waals surface area contributed by atoms with E-state index in [1.807, 2.05) is 12.3 Å². The Kier molecular flexibility index (Phi) is 3.84. The molecule has 3 rings (SSSR count). The Labute approximate surface area is 142 Å². The highest BCUT2D eigenvalue weighted by Crippen LogP contribution is 2.30. The Hall–Kier alpha value is -2.74. The predicted octanol–water partition coefficient (Wildman–Crippen LogP) is 1.52. The fraction of sp³-hybridized carbons (Fsp3) is 0.250. The molecule has 3 N–H and O–H groups in total. The molecule has 1 aliphatic heterocycles. The summed E-state index contributed by atoms with van der Waals surface area (Å²) in [5.41, 5.74) is 5.50. The number of amides is 4. The Morgan fingerprint density at radius 3 is 2.79 bits per heavy atom. The van der Waals surface area contributed by atoms with Crippen LogP contribution in [0.5, 0.6) is 0 Å². The van der Waals surface area contributed by atoms with E-state index in [1.165, 1.54) is 17.4 Å². The van der Waals surface area contributed by atoms with Gasteiger partial charge in [0.1, 0.15) is 5.54 Å². The number of hydrogen-bond acceptors (Lipinski definition) is 5. The summed E-state index contributed by atoms with van der Waals surface area (Å²) in [7, 11) is 0. The Morgan fingerprint density at radius 2 is 2.17 bits per heavy atom. The molecule has 1 aliphatic rings. The molecule has 1 saturated heterocycles. The van der Waals surface area contributed by atoms with E-state index in [-0.39, 0.29) is 18.0 Å². The number of hydrogen-bond donors (Lipinski definition) is 2. The Morgan fingerprint density at radius 1 is 1.42 bits per heavy atom. The number of carbonyl (C=O) groups is 3. The van der Waals surface area contributed by atoms with Gasteiger partial charge in [0.2, 0.25) is 5.91 Å². The molecule has 1 aromatic carbocycles. The lowest BCUT2D eigenvalue weighted by molar-refractivity contribution is -0.131. The van der Waals surface area contributed by atoms with E-state index < -0.39 is 17.5 Å². The number of thiazole rings is 1. The number of benzene rings is 1. The number of aryl methyl sites for hydroxylation is 1. The topological polar surface area (TPSA) is 105 Å². The molecule has 2 aromatic rings. The highest BCUT2D eigenvalue weighted by molar-refractivity contribution is 7.09. The van der Waals surface area contributed by atoms with Crippen molar-refractivity contribution in [1.29, 1.82) is 0 Å². The second-order valence-electron chi connectivity index (χ2n) is 5.75. The van der Waals surface area contributed by atoms with Gasteiger partial charge in [0, 0.05) is 10.9 Å². The minimum atomic E-state index is -1.24. The summed E-state index contributed by atoms with van der Waals surface area (Å²) in [6.07, 6.45) is 0. The maximum absolute atomic E-state index is 12.8. The molecule has 1 fully saturated rings. The third-order valence-electron chi connectivity index (χ3n) is 3.99.